The molecule has 9 nitrogen and oxygen atoms in total. The Morgan fingerprint density at radius 2 is 1.97 bits per heavy atom. The Balaban J connectivity index is 1.58. The lowest BCUT2D eigenvalue weighted by atomic mass is 10.0. The van der Waals surface area contributed by atoms with E-state index < -0.39 is 0 Å². The van der Waals surface area contributed by atoms with Gasteiger partial charge in [0, 0.05) is 51.3 Å². The molecule has 160 valence electrons. The summed E-state index contributed by atoms with van der Waals surface area (Å²) < 4.78 is 19.9. The minimum absolute atomic E-state index is 0.0512. The number of fused-ring (bicyclic) bond motifs is 1. The molecule has 3 amide bonds. The number of amides is 3. The molecule has 0 fully saturated rings. The first kappa shape index (κ1) is 21.3. The fourth-order valence-corrected chi connectivity index (χ4v) is 3.28. The summed E-state index contributed by atoms with van der Waals surface area (Å²) in [5, 5.41) is 9.71. The summed E-state index contributed by atoms with van der Waals surface area (Å²) in [5.74, 6) is -0.665. The second-order valence-corrected chi connectivity index (χ2v) is 6.86. The standard InChI is InChI=1S/C20H24FN5O4/c1-13(27)25-9-7-17-16(11-25)19(20(29)22-2)24-26(17)10-8-23-18(28)12-30-15-5-3-14(21)4-6-15/h3-6H,7-12H2,1-2H3,(H,22,29)(H,23,28). The zero-order valence-corrected chi connectivity index (χ0v) is 16.9. The molecule has 0 unspecified atom stereocenters. The van der Waals surface area contributed by atoms with E-state index in [0.29, 0.717) is 44.0 Å². The summed E-state index contributed by atoms with van der Waals surface area (Å²) in [6.45, 7) is 2.87. The number of aromatic nitrogens is 2. The molecule has 2 heterocycles. The maximum atomic E-state index is 12.9. The normalized spacial score (nSPS) is 12.8. The molecule has 0 radical (unpaired) electrons. The van der Waals surface area contributed by atoms with Gasteiger partial charge in [-0.05, 0) is 24.3 Å². The number of hydrogen-bond donors (Lipinski definition) is 2. The van der Waals surface area contributed by atoms with Crippen LogP contribution in [-0.4, -0.2) is 59.1 Å². The number of rotatable bonds is 7. The maximum absolute atomic E-state index is 12.9. The van der Waals surface area contributed by atoms with E-state index in [1.54, 1.807) is 9.58 Å². The van der Waals surface area contributed by atoms with Crippen LogP contribution in [-0.2, 0) is 29.1 Å². The van der Waals surface area contributed by atoms with Crippen molar-refractivity contribution in [1.82, 2.24) is 25.3 Å². The predicted molar refractivity (Wildman–Crippen MR) is 105 cm³/mol. The molecule has 30 heavy (non-hydrogen) atoms. The van der Waals surface area contributed by atoms with Crippen molar-refractivity contribution in [2.24, 2.45) is 0 Å². The smallest absolute Gasteiger partial charge is 0.271 e. The molecule has 0 saturated carbocycles. The van der Waals surface area contributed by atoms with Crippen LogP contribution in [0.5, 0.6) is 5.75 Å². The Morgan fingerprint density at radius 3 is 2.63 bits per heavy atom. The van der Waals surface area contributed by atoms with Crippen LogP contribution in [0.3, 0.4) is 0 Å². The van der Waals surface area contributed by atoms with Gasteiger partial charge < -0.3 is 20.3 Å². The van der Waals surface area contributed by atoms with E-state index in [2.05, 4.69) is 15.7 Å². The average molecular weight is 417 g/mol. The highest BCUT2D eigenvalue weighted by Gasteiger charge is 2.28. The first-order valence-electron chi connectivity index (χ1n) is 9.60. The molecular weight excluding hydrogens is 393 g/mol. The van der Waals surface area contributed by atoms with E-state index in [1.807, 2.05) is 0 Å². The van der Waals surface area contributed by atoms with E-state index in [-0.39, 0.29) is 30.1 Å². The van der Waals surface area contributed by atoms with Crippen LogP contribution in [0.15, 0.2) is 24.3 Å². The Kier molecular flexibility index (Phi) is 6.65. The summed E-state index contributed by atoms with van der Waals surface area (Å²) in [7, 11) is 1.53. The number of benzene rings is 1. The minimum Gasteiger partial charge on any atom is -0.484 e. The van der Waals surface area contributed by atoms with Crippen LogP contribution in [0.1, 0.15) is 28.7 Å². The molecule has 2 N–H and O–H groups in total. The highest BCUT2D eigenvalue weighted by atomic mass is 19.1. The number of nitrogens with one attached hydrogen (secondary N) is 2. The van der Waals surface area contributed by atoms with Crippen LogP contribution in [0.4, 0.5) is 4.39 Å². The van der Waals surface area contributed by atoms with E-state index in [4.69, 9.17) is 4.74 Å². The summed E-state index contributed by atoms with van der Waals surface area (Å²) in [6.07, 6.45) is 0.584. The minimum atomic E-state index is -0.378. The number of ether oxygens (including phenoxy) is 1. The Morgan fingerprint density at radius 1 is 1.23 bits per heavy atom. The first-order valence-corrected chi connectivity index (χ1v) is 9.60. The van der Waals surface area contributed by atoms with Crippen molar-refractivity contribution in [3.05, 3.63) is 47.0 Å². The zero-order valence-electron chi connectivity index (χ0n) is 16.9. The van der Waals surface area contributed by atoms with Crippen molar-refractivity contribution in [3.8, 4) is 5.75 Å². The van der Waals surface area contributed by atoms with E-state index in [9.17, 15) is 18.8 Å². The third-order valence-corrected chi connectivity index (χ3v) is 4.85. The molecule has 1 aliphatic rings. The largest absolute Gasteiger partial charge is 0.484 e. The fraction of sp³-hybridized carbons (Fsp3) is 0.400. The molecular formula is C20H24FN5O4. The Hall–Kier alpha value is -3.43. The number of carbonyl (C=O) groups excluding carboxylic acids is 3. The van der Waals surface area contributed by atoms with Gasteiger partial charge in [-0.15, -0.1) is 0 Å². The van der Waals surface area contributed by atoms with Gasteiger partial charge in [0.15, 0.2) is 12.3 Å². The number of carbonyl (C=O) groups is 3. The molecule has 1 aliphatic heterocycles. The summed E-state index contributed by atoms with van der Waals surface area (Å²) in [4.78, 5) is 37.6. The van der Waals surface area contributed by atoms with Gasteiger partial charge >= 0.3 is 0 Å². The number of hydrogen-bond acceptors (Lipinski definition) is 5. The molecule has 0 atom stereocenters. The van der Waals surface area contributed by atoms with Crippen LogP contribution in [0, 0.1) is 5.82 Å². The van der Waals surface area contributed by atoms with E-state index in [1.165, 1.54) is 38.2 Å². The lowest BCUT2D eigenvalue weighted by Crippen LogP contribution is -2.36. The van der Waals surface area contributed by atoms with Gasteiger partial charge in [-0.2, -0.15) is 5.10 Å². The zero-order chi connectivity index (χ0) is 21.7. The van der Waals surface area contributed by atoms with Gasteiger partial charge in [0.25, 0.3) is 11.8 Å². The van der Waals surface area contributed by atoms with Gasteiger partial charge in [0.1, 0.15) is 11.6 Å². The average Bonchev–Trinajstić information content (AvgIpc) is 3.10. The van der Waals surface area contributed by atoms with Crippen LogP contribution in [0.2, 0.25) is 0 Å². The third kappa shape index (κ3) is 4.94. The van der Waals surface area contributed by atoms with Gasteiger partial charge in [-0.3, -0.25) is 19.1 Å². The quantitative estimate of drug-likeness (QED) is 0.682. The molecule has 3 rings (SSSR count). The van der Waals surface area contributed by atoms with Crippen LogP contribution >= 0.6 is 0 Å². The van der Waals surface area contributed by atoms with Crippen molar-refractivity contribution in [1.29, 1.82) is 0 Å². The van der Waals surface area contributed by atoms with Crippen molar-refractivity contribution < 1.29 is 23.5 Å². The monoisotopic (exact) mass is 417 g/mol. The van der Waals surface area contributed by atoms with Crippen LogP contribution < -0.4 is 15.4 Å². The second kappa shape index (κ2) is 9.38. The number of halogens is 1. The van der Waals surface area contributed by atoms with Gasteiger partial charge in [0.2, 0.25) is 5.91 Å². The molecule has 0 saturated heterocycles. The highest BCUT2D eigenvalue weighted by Crippen LogP contribution is 2.23. The Bertz CT molecular complexity index is 941. The lowest BCUT2D eigenvalue weighted by Gasteiger charge is -2.26. The van der Waals surface area contributed by atoms with Gasteiger partial charge in [-0.1, -0.05) is 0 Å². The highest BCUT2D eigenvalue weighted by molar-refractivity contribution is 5.94. The van der Waals surface area contributed by atoms with Crippen molar-refractivity contribution >= 4 is 17.7 Å². The molecule has 10 heteroatoms. The lowest BCUT2D eigenvalue weighted by molar-refractivity contribution is -0.129. The molecule has 1 aromatic carbocycles. The Labute approximate surface area is 173 Å². The summed E-state index contributed by atoms with van der Waals surface area (Å²) in [5.41, 5.74) is 1.93. The SMILES string of the molecule is CNC(=O)c1nn(CCNC(=O)COc2ccc(F)cc2)c2c1CN(C(C)=O)CC2. The van der Waals surface area contributed by atoms with Gasteiger partial charge in [-0.25, -0.2) is 4.39 Å². The molecule has 2 aromatic rings. The fourth-order valence-electron chi connectivity index (χ4n) is 3.28. The van der Waals surface area contributed by atoms with E-state index >= 15 is 0 Å². The molecule has 0 spiro atoms. The summed E-state index contributed by atoms with van der Waals surface area (Å²) in [6, 6.07) is 5.41. The van der Waals surface area contributed by atoms with Crippen molar-refractivity contribution in [2.75, 3.05) is 26.7 Å². The van der Waals surface area contributed by atoms with Gasteiger partial charge in [0.05, 0.1) is 6.54 Å². The van der Waals surface area contributed by atoms with Crippen molar-refractivity contribution in [3.63, 3.8) is 0 Å². The topological polar surface area (TPSA) is 106 Å². The summed E-state index contributed by atoms with van der Waals surface area (Å²) >= 11 is 0. The molecule has 0 bridgehead atoms. The second-order valence-electron chi connectivity index (χ2n) is 6.86. The molecule has 1 aromatic heterocycles. The third-order valence-electron chi connectivity index (χ3n) is 4.85. The van der Waals surface area contributed by atoms with E-state index in [0.717, 1.165) is 11.3 Å². The first-order chi connectivity index (χ1) is 14.4. The van der Waals surface area contributed by atoms with Crippen molar-refractivity contribution in [2.45, 2.75) is 26.4 Å². The number of nitrogens with zero attached hydrogens (tertiary/aromatic N) is 3. The predicted octanol–water partition coefficient (Wildman–Crippen LogP) is 0.482. The molecule has 0 aliphatic carbocycles. The van der Waals surface area contributed by atoms with Crippen LogP contribution in [0.25, 0.3) is 0 Å². The maximum Gasteiger partial charge on any atom is 0.271 e.